The molecule has 2 atom stereocenters. The number of nitrogens with two attached hydrogens (primary N) is 1. The number of hydrogen-bond donors (Lipinski definition) is 2. The first-order valence-electron chi connectivity index (χ1n) is 7.39. The number of hydrogen-bond acceptors (Lipinski definition) is 4. The zero-order valence-electron chi connectivity index (χ0n) is 12.7. The number of amides is 1. The molecule has 0 radical (unpaired) electrons. The minimum Gasteiger partial charge on any atom is -0.497 e. The Balaban J connectivity index is 1.94. The molecule has 1 aliphatic heterocycles. The van der Waals surface area contributed by atoms with Crippen molar-refractivity contribution in [1.82, 2.24) is 5.32 Å². The standard InChI is InChI=1S/C16H24N2O3/c1-11(13-4-3-5-14(10-13)20-2)18-16(19)15(17)12-6-8-21-9-7-12/h3-5,10-12,15H,6-9,17H2,1-2H3,(H,18,19). The molecular weight excluding hydrogens is 268 g/mol. The van der Waals surface area contributed by atoms with E-state index in [0.717, 1.165) is 24.2 Å². The first kappa shape index (κ1) is 15.8. The van der Waals surface area contributed by atoms with Crippen molar-refractivity contribution < 1.29 is 14.3 Å². The van der Waals surface area contributed by atoms with Gasteiger partial charge in [-0.3, -0.25) is 4.79 Å². The zero-order chi connectivity index (χ0) is 15.2. The van der Waals surface area contributed by atoms with Crippen molar-refractivity contribution in [2.24, 2.45) is 11.7 Å². The van der Waals surface area contributed by atoms with Crippen molar-refractivity contribution in [1.29, 1.82) is 0 Å². The van der Waals surface area contributed by atoms with Gasteiger partial charge >= 0.3 is 0 Å². The van der Waals surface area contributed by atoms with Crippen LogP contribution < -0.4 is 15.8 Å². The molecule has 1 aromatic rings. The Morgan fingerprint density at radius 2 is 2.14 bits per heavy atom. The summed E-state index contributed by atoms with van der Waals surface area (Å²) < 4.78 is 10.5. The van der Waals surface area contributed by atoms with E-state index in [1.807, 2.05) is 31.2 Å². The highest BCUT2D eigenvalue weighted by molar-refractivity contribution is 5.82. The Hall–Kier alpha value is -1.59. The lowest BCUT2D eigenvalue weighted by Crippen LogP contribution is -2.47. The Morgan fingerprint density at radius 3 is 2.81 bits per heavy atom. The van der Waals surface area contributed by atoms with E-state index in [1.54, 1.807) is 7.11 Å². The van der Waals surface area contributed by atoms with Gasteiger partial charge in [-0.05, 0) is 43.4 Å². The molecule has 1 heterocycles. The number of methoxy groups -OCH3 is 1. The summed E-state index contributed by atoms with van der Waals surface area (Å²) in [5.74, 6) is 0.885. The number of carbonyl (C=O) groups is 1. The van der Waals surface area contributed by atoms with Crippen LogP contribution >= 0.6 is 0 Å². The predicted molar refractivity (Wildman–Crippen MR) is 81.1 cm³/mol. The molecule has 0 bridgehead atoms. The third-order valence-electron chi connectivity index (χ3n) is 4.03. The smallest absolute Gasteiger partial charge is 0.237 e. The molecule has 2 rings (SSSR count). The second kappa shape index (κ2) is 7.43. The molecule has 1 fully saturated rings. The van der Waals surface area contributed by atoms with Crippen molar-refractivity contribution in [3.8, 4) is 5.75 Å². The van der Waals surface area contributed by atoms with Crippen LogP contribution in [0.15, 0.2) is 24.3 Å². The second-order valence-electron chi connectivity index (χ2n) is 5.48. The lowest BCUT2D eigenvalue weighted by Gasteiger charge is -2.28. The van der Waals surface area contributed by atoms with Gasteiger partial charge in [0.05, 0.1) is 19.2 Å². The van der Waals surface area contributed by atoms with E-state index in [4.69, 9.17) is 15.2 Å². The highest BCUT2D eigenvalue weighted by atomic mass is 16.5. The zero-order valence-corrected chi connectivity index (χ0v) is 12.7. The molecule has 1 amide bonds. The summed E-state index contributed by atoms with van der Waals surface area (Å²) >= 11 is 0. The van der Waals surface area contributed by atoms with E-state index in [9.17, 15) is 4.79 Å². The fourth-order valence-electron chi connectivity index (χ4n) is 2.59. The van der Waals surface area contributed by atoms with E-state index >= 15 is 0 Å². The van der Waals surface area contributed by atoms with Crippen LogP contribution in [0, 0.1) is 5.92 Å². The quantitative estimate of drug-likeness (QED) is 0.865. The average molecular weight is 292 g/mol. The number of rotatable bonds is 5. The van der Waals surface area contributed by atoms with Crippen molar-refractivity contribution in [2.45, 2.75) is 31.8 Å². The summed E-state index contributed by atoms with van der Waals surface area (Å²) in [7, 11) is 1.63. The van der Waals surface area contributed by atoms with Crippen molar-refractivity contribution in [3.63, 3.8) is 0 Å². The summed E-state index contributed by atoms with van der Waals surface area (Å²) in [6, 6.07) is 7.11. The van der Waals surface area contributed by atoms with Crippen LogP contribution in [0.5, 0.6) is 5.75 Å². The average Bonchev–Trinajstić information content (AvgIpc) is 2.54. The molecule has 0 aromatic heterocycles. The molecular formula is C16H24N2O3. The molecule has 1 saturated heterocycles. The molecule has 0 saturated carbocycles. The molecule has 1 aromatic carbocycles. The van der Waals surface area contributed by atoms with Crippen molar-refractivity contribution in [3.05, 3.63) is 29.8 Å². The van der Waals surface area contributed by atoms with Crippen LogP contribution in [-0.2, 0) is 9.53 Å². The fraction of sp³-hybridized carbons (Fsp3) is 0.562. The topological polar surface area (TPSA) is 73.6 Å². The molecule has 5 heteroatoms. The Morgan fingerprint density at radius 1 is 1.43 bits per heavy atom. The van der Waals surface area contributed by atoms with E-state index in [-0.39, 0.29) is 17.9 Å². The number of benzene rings is 1. The summed E-state index contributed by atoms with van der Waals surface area (Å²) in [4.78, 5) is 12.3. The first-order valence-corrected chi connectivity index (χ1v) is 7.39. The fourth-order valence-corrected chi connectivity index (χ4v) is 2.59. The van der Waals surface area contributed by atoms with Crippen molar-refractivity contribution in [2.75, 3.05) is 20.3 Å². The van der Waals surface area contributed by atoms with Gasteiger partial charge in [0.25, 0.3) is 0 Å². The lowest BCUT2D eigenvalue weighted by molar-refractivity contribution is -0.125. The van der Waals surface area contributed by atoms with Crippen molar-refractivity contribution >= 4 is 5.91 Å². The Labute approximate surface area is 125 Å². The largest absolute Gasteiger partial charge is 0.497 e. The van der Waals surface area contributed by atoms with Gasteiger partial charge in [-0.2, -0.15) is 0 Å². The number of ether oxygens (including phenoxy) is 2. The molecule has 21 heavy (non-hydrogen) atoms. The molecule has 3 N–H and O–H groups in total. The summed E-state index contributed by atoms with van der Waals surface area (Å²) in [5.41, 5.74) is 7.08. The van der Waals surface area contributed by atoms with Crippen LogP contribution in [0.3, 0.4) is 0 Å². The van der Waals surface area contributed by atoms with Crippen LogP contribution in [-0.4, -0.2) is 32.3 Å². The van der Waals surface area contributed by atoms with Gasteiger partial charge in [-0.15, -0.1) is 0 Å². The SMILES string of the molecule is COc1cccc(C(C)NC(=O)C(N)C2CCOCC2)c1. The van der Waals surface area contributed by atoms with E-state index < -0.39 is 6.04 Å². The molecule has 1 aliphatic rings. The van der Waals surface area contributed by atoms with Crippen LogP contribution in [0.1, 0.15) is 31.4 Å². The summed E-state index contributed by atoms with van der Waals surface area (Å²) in [6.07, 6.45) is 1.70. The van der Waals surface area contributed by atoms with Crippen LogP contribution in [0.2, 0.25) is 0 Å². The van der Waals surface area contributed by atoms with E-state index in [1.165, 1.54) is 0 Å². The monoisotopic (exact) mass is 292 g/mol. The Kier molecular flexibility index (Phi) is 5.59. The molecule has 0 aliphatic carbocycles. The molecule has 2 unspecified atom stereocenters. The van der Waals surface area contributed by atoms with Gasteiger partial charge in [0.15, 0.2) is 0 Å². The third kappa shape index (κ3) is 4.19. The van der Waals surface area contributed by atoms with Gasteiger partial charge in [0.2, 0.25) is 5.91 Å². The molecule has 116 valence electrons. The Bertz CT molecular complexity index is 472. The summed E-state index contributed by atoms with van der Waals surface area (Å²) in [6.45, 7) is 3.33. The maximum Gasteiger partial charge on any atom is 0.237 e. The molecule has 0 spiro atoms. The predicted octanol–water partition coefficient (Wildman–Crippen LogP) is 1.63. The van der Waals surface area contributed by atoms with Gasteiger partial charge in [0.1, 0.15) is 5.75 Å². The maximum atomic E-state index is 12.3. The van der Waals surface area contributed by atoms with Gasteiger partial charge in [-0.25, -0.2) is 0 Å². The normalized spacial score (nSPS) is 18.8. The van der Waals surface area contributed by atoms with E-state index in [0.29, 0.717) is 13.2 Å². The van der Waals surface area contributed by atoms with E-state index in [2.05, 4.69) is 5.32 Å². The highest BCUT2D eigenvalue weighted by Crippen LogP contribution is 2.21. The third-order valence-corrected chi connectivity index (χ3v) is 4.03. The van der Waals surface area contributed by atoms with Gasteiger partial charge in [-0.1, -0.05) is 12.1 Å². The minimum absolute atomic E-state index is 0.0986. The first-order chi connectivity index (χ1) is 10.1. The number of carbonyl (C=O) groups excluding carboxylic acids is 1. The lowest BCUT2D eigenvalue weighted by atomic mass is 9.91. The van der Waals surface area contributed by atoms with Gasteiger partial charge < -0.3 is 20.5 Å². The van der Waals surface area contributed by atoms with Gasteiger partial charge in [0, 0.05) is 13.2 Å². The number of nitrogens with one attached hydrogen (secondary N) is 1. The minimum atomic E-state index is -0.470. The van der Waals surface area contributed by atoms with Crippen LogP contribution in [0.4, 0.5) is 0 Å². The highest BCUT2D eigenvalue weighted by Gasteiger charge is 2.27. The maximum absolute atomic E-state index is 12.3. The molecule has 5 nitrogen and oxygen atoms in total. The second-order valence-corrected chi connectivity index (χ2v) is 5.48. The van der Waals surface area contributed by atoms with Crippen LogP contribution in [0.25, 0.3) is 0 Å². The summed E-state index contributed by atoms with van der Waals surface area (Å²) in [5, 5.41) is 2.98.